The molecule has 0 saturated heterocycles. The topological polar surface area (TPSA) is 60.2 Å². The summed E-state index contributed by atoms with van der Waals surface area (Å²) in [4.78, 5) is 4.30. The molecule has 0 radical (unpaired) electrons. The summed E-state index contributed by atoms with van der Waals surface area (Å²) >= 11 is 0. The minimum Gasteiger partial charge on any atom is -0.497 e. The average Bonchev–Trinajstić information content (AvgIpc) is 2.42. The highest BCUT2D eigenvalue weighted by Crippen LogP contribution is 2.21. The second-order valence-electron chi connectivity index (χ2n) is 3.63. The van der Waals surface area contributed by atoms with Crippen LogP contribution in [0.15, 0.2) is 48.7 Å². The van der Waals surface area contributed by atoms with Crippen LogP contribution >= 0.6 is 0 Å². The first-order chi connectivity index (χ1) is 8.35. The molecular weight excluding hydrogens is 214 g/mol. The lowest BCUT2D eigenvalue weighted by molar-refractivity contribution is 0.414. The van der Waals surface area contributed by atoms with Gasteiger partial charge in [-0.25, -0.2) is 5.43 Å². The fraction of sp³-hybridized carbons (Fsp3) is 0.154. The Hall–Kier alpha value is -1.91. The first kappa shape index (κ1) is 11.6. The fourth-order valence-electron chi connectivity index (χ4n) is 1.70. The monoisotopic (exact) mass is 229 g/mol. The van der Waals surface area contributed by atoms with Crippen molar-refractivity contribution in [2.24, 2.45) is 5.84 Å². The molecule has 1 aromatic heterocycles. The molecule has 88 valence electrons. The summed E-state index contributed by atoms with van der Waals surface area (Å²) in [5.41, 5.74) is 4.71. The number of methoxy groups -OCH3 is 1. The van der Waals surface area contributed by atoms with Gasteiger partial charge in [-0.05, 0) is 29.8 Å². The normalized spacial score (nSPS) is 12.1. The van der Waals surface area contributed by atoms with Crippen LogP contribution in [-0.2, 0) is 0 Å². The molecule has 17 heavy (non-hydrogen) atoms. The van der Waals surface area contributed by atoms with E-state index in [-0.39, 0.29) is 6.04 Å². The maximum absolute atomic E-state index is 5.59. The number of nitrogens with one attached hydrogen (secondary N) is 1. The highest BCUT2D eigenvalue weighted by Gasteiger charge is 2.12. The largest absolute Gasteiger partial charge is 0.497 e. The van der Waals surface area contributed by atoms with Crippen LogP contribution in [0.4, 0.5) is 0 Å². The van der Waals surface area contributed by atoms with E-state index in [9.17, 15) is 0 Å². The molecule has 1 heterocycles. The number of ether oxygens (including phenoxy) is 1. The van der Waals surface area contributed by atoms with E-state index >= 15 is 0 Å². The van der Waals surface area contributed by atoms with Crippen molar-refractivity contribution in [3.05, 3.63) is 59.9 Å². The lowest BCUT2D eigenvalue weighted by atomic mass is 10.0. The molecule has 3 N–H and O–H groups in total. The zero-order chi connectivity index (χ0) is 12.1. The number of pyridine rings is 1. The van der Waals surface area contributed by atoms with Crippen LogP contribution in [-0.4, -0.2) is 12.1 Å². The molecule has 1 aromatic carbocycles. The van der Waals surface area contributed by atoms with E-state index in [0.717, 1.165) is 17.0 Å². The molecular formula is C13H15N3O. The molecule has 0 spiro atoms. The lowest BCUT2D eigenvalue weighted by Gasteiger charge is -2.15. The molecule has 0 aliphatic heterocycles. The summed E-state index contributed by atoms with van der Waals surface area (Å²) in [5, 5.41) is 0. The predicted octanol–water partition coefficient (Wildman–Crippen LogP) is 1.64. The van der Waals surface area contributed by atoms with E-state index in [1.807, 2.05) is 42.5 Å². The first-order valence-corrected chi connectivity index (χ1v) is 5.36. The maximum Gasteiger partial charge on any atom is 0.118 e. The van der Waals surface area contributed by atoms with E-state index in [0.29, 0.717) is 0 Å². The van der Waals surface area contributed by atoms with Crippen LogP contribution in [0.3, 0.4) is 0 Å². The van der Waals surface area contributed by atoms with Gasteiger partial charge < -0.3 is 4.74 Å². The van der Waals surface area contributed by atoms with Gasteiger partial charge in [0, 0.05) is 6.20 Å². The van der Waals surface area contributed by atoms with Gasteiger partial charge in [-0.2, -0.15) is 0 Å². The highest BCUT2D eigenvalue weighted by molar-refractivity contribution is 5.33. The van der Waals surface area contributed by atoms with Crippen molar-refractivity contribution in [3.8, 4) is 5.75 Å². The number of aromatic nitrogens is 1. The molecule has 0 aliphatic rings. The minimum atomic E-state index is -0.109. The second kappa shape index (κ2) is 5.43. The number of rotatable bonds is 4. The Bertz CT molecular complexity index is 456. The summed E-state index contributed by atoms with van der Waals surface area (Å²) in [7, 11) is 1.65. The van der Waals surface area contributed by atoms with Crippen molar-refractivity contribution in [2.45, 2.75) is 6.04 Å². The van der Waals surface area contributed by atoms with Crippen molar-refractivity contribution in [3.63, 3.8) is 0 Å². The third-order valence-corrected chi connectivity index (χ3v) is 2.60. The van der Waals surface area contributed by atoms with Gasteiger partial charge in [0.05, 0.1) is 18.8 Å². The minimum absolute atomic E-state index is 0.109. The molecule has 1 unspecified atom stereocenters. The molecule has 2 aromatic rings. The molecule has 4 nitrogen and oxygen atoms in total. The van der Waals surface area contributed by atoms with E-state index in [2.05, 4.69) is 10.4 Å². The number of hydrazine groups is 1. The van der Waals surface area contributed by atoms with E-state index in [1.165, 1.54) is 0 Å². The zero-order valence-electron chi connectivity index (χ0n) is 9.63. The van der Waals surface area contributed by atoms with Crippen molar-refractivity contribution in [1.82, 2.24) is 10.4 Å². The van der Waals surface area contributed by atoms with Crippen molar-refractivity contribution < 1.29 is 4.74 Å². The number of benzene rings is 1. The number of nitrogens with two attached hydrogens (primary N) is 1. The second-order valence-corrected chi connectivity index (χ2v) is 3.63. The van der Waals surface area contributed by atoms with Gasteiger partial charge in [-0.1, -0.05) is 18.2 Å². The van der Waals surface area contributed by atoms with E-state index in [4.69, 9.17) is 10.6 Å². The molecule has 0 amide bonds. The summed E-state index contributed by atoms with van der Waals surface area (Å²) in [6.07, 6.45) is 1.75. The van der Waals surface area contributed by atoms with Crippen LogP contribution in [0.1, 0.15) is 17.3 Å². The summed E-state index contributed by atoms with van der Waals surface area (Å²) in [6, 6.07) is 13.4. The van der Waals surface area contributed by atoms with Gasteiger partial charge >= 0.3 is 0 Å². The highest BCUT2D eigenvalue weighted by atomic mass is 16.5. The van der Waals surface area contributed by atoms with Crippen molar-refractivity contribution >= 4 is 0 Å². The van der Waals surface area contributed by atoms with Gasteiger partial charge in [0.15, 0.2) is 0 Å². The van der Waals surface area contributed by atoms with E-state index < -0.39 is 0 Å². The van der Waals surface area contributed by atoms with Crippen LogP contribution in [0.5, 0.6) is 5.75 Å². The molecule has 4 heteroatoms. The Labute approximate surface area is 100 Å². The third-order valence-electron chi connectivity index (χ3n) is 2.60. The van der Waals surface area contributed by atoms with Gasteiger partial charge in [0.2, 0.25) is 0 Å². The Morgan fingerprint density at radius 2 is 1.94 bits per heavy atom. The van der Waals surface area contributed by atoms with Crippen LogP contribution in [0, 0.1) is 0 Å². The lowest BCUT2D eigenvalue weighted by Crippen LogP contribution is -2.29. The predicted molar refractivity (Wildman–Crippen MR) is 66.4 cm³/mol. The molecule has 2 rings (SSSR count). The molecule has 0 fully saturated rings. The molecule has 0 aliphatic carbocycles. The molecule has 0 saturated carbocycles. The average molecular weight is 229 g/mol. The third kappa shape index (κ3) is 2.61. The van der Waals surface area contributed by atoms with Gasteiger partial charge in [-0.3, -0.25) is 10.8 Å². The van der Waals surface area contributed by atoms with Gasteiger partial charge in [0.25, 0.3) is 0 Å². The fourth-order valence-corrected chi connectivity index (χ4v) is 1.70. The Morgan fingerprint density at radius 3 is 2.47 bits per heavy atom. The van der Waals surface area contributed by atoms with Crippen LogP contribution in [0.25, 0.3) is 0 Å². The maximum atomic E-state index is 5.59. The smallest absolute Gasteiger partial charge is 0.118 e. The Morgan fingerprint density at radius 1 is 1.18 bits per heavy atom. The molecule has 0 bridgehead atoms. The quantitative estimate of drug-likeness (QED) is 0.618. The Kier molecular flexibility index (Phi) is 3.69. The van der Waals surface area contributed by atoms with Crippen molar-refractivity contribution in [2.75, 3.05) is 7.11 Å². The number of nitrogens with zero attached hydrogens (tertiary/aromatic N) is 1. The first-order valence-electron chi connectivity index (χ1n) is 5.36. The Balaban J connectivity index is 2.29. The number of hydrogen-bond acceptors (Lipinski definition) is 4. The molecule has 1 atom stereocenters. The van der Waals surface area contributed by atoms with Crippen LogP contribution < -0.4 is 16.0 Å². The van der Waals surface area contributed by atoms with Gasteiger partial charge in [0.1, 0.15) is 5.75 Å². The van der Waals surface area contributed by atoms with E-state index in [1.54, 1.807) is 13.3 Å². The summed E-state index contributed by atoms with van der Waals surface area (Å²) in [6.45, 7) is 0. The summed E-state index contributed by atoms with van der Waals surface area (Å²) in [5.74, 6) is 6.41. The summed E-state index contributed by atoms with van der Waals surface area (Å²) < 4.78 is 5.12. The zero-order valence-corrected chi connectivity index (χ0v) is 9.63. The van der Waals surface area contributed by atoms with Crippen LogP contribution in [0.2, 0.25) is 0 Å². The van der Waals surface area contributed by atoms with Gasteiger partial charge in [-0.15, -0.1) is 0 Å². The standard InChI is InChI=1S/C13H15N3O/c1-17-11-7-5-10(6-8-11)13(16-14)12-4-2-3-9-15-12/h2-9,13,16H,14H2,1H3. The number of hydrogen-bond donors (Lipinski definition) is 2. The van der Waals surface area contributed by atoms with Crippen molar-refractivity contribution in [1.29, 1.82) is 0 Å². The SMILES string of the molecule is COc1ccc(C(NN)c2ccccn2)cc1.